The molecule has 0 bridgehead atoms. The van der Waals surface area contributed by atoms with Crippen molar-refractivity contribution in [1.82, 2.24) is 5.32 Å². The maximum atomic E-state index is 13.3. The van der Waals surface area contributed by atoms with Crippen molar-refractivity contribution in [2.45, 2.75) is 19.1 Å². The van der Waals surface area contributed by atoms with Crippen molar-refractivity contribution in [3.8, 4) is 5.75 Å². The number of ether oxygens (including phenoxy) is 1. The van der Waals surface area contributed by atoms with Crippen LogP contribution in [0.3, 0.4) is 0 Å². The van der Waals surface area contributed by atoms with Gasteiger partial charge in [-0.1, -0.05) is 48.5 Å². The first kappa shape index (κ1) is 20.1. The van der Waals surface area contributed by atoms with Gasteiger partial charge in [-0.05, 0) is 41.5 Å². The molecule has 0 saturated carbocycles. The molecule has 0 spiro atoms. The number of benzene rings is 3. The van der Waals surface area contributed by atoms with E-state index in [4.69, 9.17) is 4.74 Å². The van der Waals surface area contributed by atoms with Crippen molar-refractivity contribution in [1.29, 1.82) is 0 Å². The van der Waals surface area contributed by atoms with Crippen LogP contribution in [0, 0.1) is 5.82 Å². The normalized spacial score (nSPS) is 11.5. The Hall–Kier alpha value is -3.67. The summed E-state index contributed by atoms with van der Waals surface area (Å²) in [5, 5.41) is 11.9. The molecule has 2 N–H and O–H groups in total. The molecular weight excluding hydrogens is 373 g/mol. The molecule has 5 nitrogen and oxygen atoms in total. The van der Waals surface area contributed by atoms with Gasteiger partial charge in [0.1, 0.15) is 24.2 Å². The van der Waals surface area contributed by atoms with Crippen LogP contribution in [0.4, 0.5) is 4.39 Å². The summed E-state index contributed by atoms with van der Waals surface area (Å²) in [5.41, 5.74) is 1.84. The second-order valence-corrected chi connectivity index (χ2v) is 6.50. The standard InChI is InChI=1S/C23H20FNO4/c24-19-8-4-7-18(14-19)22(26)25-21(23(27)28)13-16-9-11-20(12-10-16)29-15-17-5-2-1-3-6-17/h1-12,14,21H,13,15H2,(H,25,26)(H,27,28)/t21-/m1/s1. The lowest BCUT2D eigenvalue weighted by Gasteiger charge is -2.15. The summed E-state index contributed by atoms with van der Waals surface area (Å²) in [6, 6.07) is 20.7. The third-order valence-corrected chi connectivity index (χ3v) is 4.30. The summed E-state index contributed by atoms with van der Waals surface area (Å²) in [7, 11) is 0. The van der Waals surface area contributed by atoms with Crippen LogP contribution >= 0.6 is 0 Å². The van der Waals surface area contributed by atoms with Gasteiger partial charge in [-0.15, -0.1) is 0 Å². The highest BCUT2D eigenvalue weighted by atomic mass is 19.1. The van der Waals surface area contributed by atoms with Crippen molar-refractivity contribution in [2.75, 3.05) is 0 Å². The molecule has 1 amide bonds. The fourth-order valence-corrected chi connectivity index (χ4v) is 2.77. The number of aliphatic carboxylic acids is 1. The molecule has 0 radical (unpaired) electrons. The number of halogens is 1. The molecule has 29 heavy (non-hydrogen) atoms. The lowest BCUT2D eigenvalue weighted by Crippen LogP contribution is -2.42. The molecule has 0 fully saturated rings. The highest BCUT2D eigenvalue weighted by Gasteiger charge is 2.21. The Bertz CT molecular complexity index is 974. The molecule has 0 unspecified atom stereocenters. The summed E-state index contributed by atoms with van der Waals surface area (Å²) >= 11 is 0. The average Bonchev–Trinajstić information content (AvgIpc) is 2.73. The SMILES string of the molecule is O=C(N[C@H](Cc1ccc(OCc2ccccc2)cc1)C(=O)O)c1cccc(F)c1. The van der Waals surface area contributed by atoms with Crippen LogP contribution in [-0.2, 0) is 17.8 Å². The molecule has 1 atom stereocenters. The zero-order chi connectivity index (χ0) is 20.6. The minimum atomic E-state index is -1.17. The molecule has 0 aliphatic carbocycles. The number of hydrogen-bond donors (Lipinski definition) is 2. The minimum absolute atomic E-state index is 0.0703. The van der Waals surface area contributed by atoms with E-state index in [9.17, 15) is 19.1 Å². The van der Waals surface area contributed by atoms with E-state index in [0.29, 0.717) is 12.4 Å². The van der Waals surface area contributed by atoms with E-state index in [-0.39, 0.29) is 12.0 Å². The number of amides is 1. The van der Waals surface area contributed by atoms with E-state index < -0.39 is 23.7 Å². The number of hydrogen-bond acceptors (Lipinski definition) is 3. The summed E-state index contributed by atoms with van der Waals surface area (Å²) < 4.78 is 19.0. The zero-order valence-corrected chi connectivity index (χ0v) is 15.5. The van der Waals surface area contributed by atoms with Gasteiger partial charge in [0, 0.05) is 12.0 Å². The highest BCUT2D eigenvalue weighted by Crippen LogP contribution is 2.16. The van der Waals surface area contributed by atoms with E-state index in [0.717, 1.165) is 17.2 Å². The molecular formula is C23H20FNO4. The highest BCUT2D eigenvalue weighted by molar-refractivity contribution is 5.96. The lowest BCUT2D eigenvalue weighted by atomic mass is 10.1. The predicted molar refractivity (Wildman–Crippen MR) is 106 cm³/mol. The van der Waals surface area contributed by atoms with E-state index in [2.05, 4.69) is 5.32 Å². The fourth-order valence-electron chi connectivity index (χ4n) is 2.77. The molecule has 0 aromatic heterocycles. The van der Waals surface area contributed by atoms with E-state index in [1.807, 2.05) is 30.3 Å². The monoisotopic (exact) mass is 393 g/mol. The molecule has 148 valence electrons. The fraction of sp³-hybridized carbons (Fsp3) is 0.130. The van der Waals surface area contributed by atoms with E-state index in [1.54, 1.807) is 24.3 Å². The van der Waals surface area contributed by atoms with Crippen LogP contribution in [-0.4, -0.2) is 23.0 Å². The Balaban J connectivity index is 1.60. The van der Waals surface area contributed by atoms with Crippen LogP contribution < -0.4 is 10.1 Å². The van der Waals surface area contributed by atoms with Crippen molar-refractivity contribution in [3.63, 3.8) is 0 Å². The van der Waals surface area contributed by atoms with Gasteiger partial charge in [0.25, 0.3) is 5.91 Å². The quantitative estimate of drug-likeness (QED) is 0.610. The molecule has 0 aliphatic rings. The topological polar surface area (TPSA) is 75.6 Å². The van der Waals surface area contributed by atoms with Gasteiger partial charge in [0.2, 0.25) is 0 Å². The second kappa shape index (κ2) is 9.50. The van der Waals surface area contributed by atoms with Crippen molar-refractivity contribution in [3.05, 3.63) is 101 Å². The van der Waals surface area contributed by atoms with E-state index >= 15 is 0 Å². The Morgan fingerprint density at radius 1 is 0.931 bits per heavy atom. The maximum absolute atomic E-state index is 13.3. The number of nitrogens with one attached hydrogen (secondary N) is 1. The van der Waals surface area contributed by atoms with Crippen molar-refractivity contribution < 1.29 is 23.8 Å². The first-order valence-corrected chi connectivity index (χ1v) is 9.06. The van der Waals surface area contributed by atoms with Crippen molar-refractivity contribution >= 4 is 11.9 Å². The molecule has 3 rings (SSSR count). The predicted octanol–water partition coefficient (Wildman–Crippen LogP) is 3.83. The molecule has 3 aromatic carbocycles. The Kier molecular flexibility index (Phi) is 6.58. The number of carbonyl (C=O) groups is 2. The number of carboxylic acids is 1. The zero-order valence-electron chi connectivity index (χ0n) is 15.5. The van der Waals surface area contributed by atoms with Crippen LogP contribution in [0.2, 0.25) is 0 Å². The number of rotatable bonds is 8. The van der Waals surface area contributed by atoms with Crippen molar-refractivity contribution in [2.24, 2.45) is 0 Å². The van der Waals surface area contributed by atoms with Gasteiger partial charge in [0.15, 0.2) is 0 Å². The molecule has 6 heteroatoms. The van der Waals surface area contributed by atoms with Gasteiger partial charge in [-0.3, -0.25) is 4.79 Å². The first-order chi connectivity index (χ1) is 14.0. The third kappa shape index (κ3) is 5.90. The van der Waals surface area contributed by atoms with Crippen LogP contribution in [0.1, 0.15) is 21.5 Å². The Morgan fingerprint density at radius 2 is 1.66 bits per heavy atom. The van der Waals surface area contributed by atoms with Gasteiger partial charge < -0.3 is 15.2 Å². The maximum Gasteiger partial charge on any atom is 0.326 e. The lowest BCUT2D eigenvalue weighted by molar-refractivity contribution is -0.139. The Labute approximate surface area is 167 Å². The summed E-state index contributed by atoms with van der Waals surface area (Å²) in [6.45, 7) is 0.432. The second-order valence-electron chi connectivity index (χ2n) is 6.50. The largest absolute Gasteiger partial charge is 0.489 e. The van der Waals surface area contributed by atoms with Crippen LogP contribution in [0.25, 0.3) is 0 Å². The van der Waals surface area contributed by atoms with Gasteiger partial charge >= 0.3 is 5.97 Å². The van der Waals surface area contributed by atoms with Gasteiger partial charge in [-0.2, -0.15) is 0 Å². The first-order valence-electron chi connectivity index (χ1n) is 9.06. The summed E-state index contributed by atoms with van der Waals surface area (Å²) in [6.07, 6.45) is 0.0926. The minimum Gasteiger partial charge on any atom is -0.489 e. The van der Waals surface area contributed by atoms with E-state index in [1.165, 1.54) is 18.2 Å². The third-order valence-electron chi connectivity index (χ3n) is 4.30. The molecule has 0 aliphatic heterocycles. The van der Waals surface area contributed by atoms with Gasteiger partial charge in [0.05, 0.1) is 0 Å². The average molecular weight is 393 g/mol. The van der Waals surface area contributed by atoms with Gasteiger partial charge in [-0.25, -0.2) is 9.18 Å². The smallest absolute Gasteiger partial charge is 0.326 e. The van der Waals surface area contributed by atoms with Crippen LogP contribution in [0.5, 0.6) is 5.75 Å². The number of carbonyl (C=O) groups excluding carboxylic acids is 1. The summed E-state index contributed by atoms with van der Waals surface area (Å²) in [5.74, 6) is -1.71. The summed E-state index contributed by atoms with van der Waals surface area (Å²) in [4.78, 5) is 23.8. The Morgan fingerprint density at radius 3 is 2.31 bits per heavy atom. The number of carboxylic acid groups (broad SMARTS) is 1. The molecule has 3 aromatic rings. The molecule has 0 saturated heterocycles. The molecule has 0 heterocycles. The van der Waals surface area contributed by atoms with Crippen LogP contribution in [0.15, 0.2) is 78.9 Å².